The molecule has 0 radical (unpaired) electrons. The summed E-state index contributed by atoms with van der Waals surface area (Å²) in [5.41, 5.74) is 0.937. The first kappa shape index (κ1) is 12.3. The third-order valence-electron chi connectivity index (χ3n) is 2.58. The zero-order chi connectivity index (χ0) is 13.2. The van der Waals surface area contributed by atoms with E-state index in [4.69, 9.17) is 11.6 Å². The van der Waals surface area contributed by atoms with Crippen molar-refractivity contribution < 1.29 is 0 Å². The predicted octanol–water partition coefficient (Wildman–Crippen LogP) is 3.75. The fourth-order valence-corrected chi connectivity index (χ4v) is 2.06. The van der Waals surface area contributed by atoms with E-state index in [9.17, 15) is 0 Å². The first-order valence-corrected chi connectivity index (χ1v) is 6.69. The minimum atomic E-state index is 0.691. The quantitative estimate of drug-likeness (QED) is 0.716. The Morgan fingerprint density at radius 2 is 1.79 bits per heavy atom. The number of hydrogen-bond donors (Lipinski definition) is 0. The zero-order valence-electron chi connectivity index (χ0n) is 9.66. The van der Waals surface area contributed by atoms with Crippen molar-refractivity contribution in [3.8, 4) is 17.2 Å². The molecule has 0 spiro atoms. The molecule has 0 saturated heterocycles. The Kier molecular flexibility index (Phi) is 3.31. The molecule has 0 unspecified atom stereocenters. The fraction of sp³-hybridized carbons (Fsp3) is 0. The molecule has 0 aliphatic carbocycles. The molecular weight excluding hydrogens is 328 g/mol. The highest BCUT2D eigenvalue weighted by atomic mass is 79.9. The van der Waals surface area contributed by atoms with Crippen molar-refractivity contribution >= 4 is 27.5 Å². The van der Waals surface area contributed by atoms with E-state index in [0.29, 0.717) is 10.8 Å². The summed E-state index contributed by atoms with van der Waals surface area (Å²) >= 11 is 9.24. The van der Waals surface area contributed by atoms with Gasteiger partial charge in [0.1, 0.15) is 6.33 Å². The van der Waals surface area contributed by atoms with Crippen LogP contribution in [0.2, 0.25) is 5.02 Å². The van der Waals surface area contributed by atoms with E-state index in [1.165, 1.54) is 6.33 Å². The number of pyridine rings is 1. The van der Waals surface area contributed by atoms with Crippen LogP contribution in [0.15, 0.2) is 53.4 Å². The van der Waals surface area contributed by atoms with Crippen LogP contribution < -0.4 is 0 Å². The van der Waals surface area contributed by atoms with Gasteiger partial charge in [0.05, 0.1) is 0 Å². The van der Waals surface area contributed by atoms with Crippen molar-refractivity contribution in [2.24, 2.45) is 0 Å². The topological polar surface area (TPSA) is 43.6 Å². The SMILES string of the molecule is Clc1ccc(-c2ncnn2-c2ccc(Br)cn2)cc1. The van der Waals surface area contributed by atoms with Gasteiger partial charge in [0.15, 0.2) is 11.6 Å². The monoisotopic (exact) mass is 334 g/mol. The Morgan fingerprint density at radius 1 is 1.00 bits per heavy atom. The minimum absolute atomic E-state index is 0.691. The predicted molar refractivity (Wildman–Crippen MR) is 77.3 cm³/mol. The van der Waals surface area contributed by atoms with E-state index in [2.05, 4.69) is 31.0 Å². The Labute approximate surface area is 123 Å². The second-order valence-electron chi connectivity index (χ2n) is 3.84. The van der Waals surface area contributed by atoms with E-state index in [0.717, 1.165) is 15.9 Å². The summed E-state index contributed by atoms with van der Waals surface area (Å²) in [6.07, 6.45) is 3.23. The number of halogens is 2. The third kappa shape index (κ3) is 2.52. The fourth-order valence-electron chi connectivity index (χ4n) is 1.70. The van der Waals surface area contributed by atoms with E-state index in [-0.39, 0.29) is 0 Å². The van der Waals surface area contributed by atoms with Crippen LogP contribution in [0, 0.1) is 0 Å². The van der Waals surface area contributed by atoms with Crippen molar-refractivity contribution in [3.63, 3.8) is 0 Å². The second-order valence-corrected chi connectivity index (χ2v) is 5.19. The lowest BCUT2D eigenvalue weighted by Crippen LogP contribution is -2.01. The molecule has 3 rings (SSSR count). The summed E-state index contributed by atoms with van der Waals surface area (Å²) in [6.45, 7) is 0. The van der Waals surface area contributed by atoms with Crippen LogP contribution in [-0.2, 0) is 0 Å². The number of benzene rings is 1. The highest BCUT2D eigenvalue weighted by Gasteiger charge is 2.09. The molecule has 1 aromatic carbocycles. The van der Waals surface area contributed by atoms with Crippen LogP contribution in [0.25, 0.3) is 17.2 Å². The van der Waals surface area contributed by atoms with Crippen molar-refractivity contribution in [2.75, 3.05) is 0 Å². The number of nitrogens with zero attached hydrogens (tertiary/aromatic N) is 4. The minimum Gasteiger partial charge on any atom is -0.236 e. The van der Waals surface area contributed by atoms with Gasteiger partial charge in [-0.2, -0.15) is 9.78 Å². The maximum atomic E-state index is 5.89. The largest absolute Gasteiger partial charge is 0.236 e. The van der Waals surface area contributed by atoms with Crippen LogP contribution in [0.4, 0.5) is 0 Å². The molecule has 3 aromatic rings. The summed E-state index contributed by atoms with van der Waals surface area (Å²) in [7, 11) is 0. The molecule has 6 heteroatoms. The second kappa shape index (κ2) is 5.11. The van der Waals surface area contributed by atoms with Crippen molar-refractivity contribution in [2.45, 2.75) is 0 Å². The molecule has 0 atom stereocenters. The van der Waals surface area contributed by atoms with Gasteiger partial charge in [-0.3, -0.25) is 0 Å². The number of rotatable bonds is 2. The normalized spacial score (nSPS) is 10.6. The first-order chi connectivity index (χ1) is 9.24. The maximum Gasteiger partial charge on any atom is 0.164 e. The molecule has 2 heterocycles. The number of aromatic nitrogens is 4. The summed E-state index contributed by atoms with van der Waals surface area (Å²) in [4.78, 5) is 8.58. The van der Waals surface area contributed by atoms with Gasteiger partial charge < -0.3 is 0 Å². The van der Waals surface area contributed by atoms with Gasteiger partial charge in [0, 0.05) is 21.3 Å². The lowest BCUT2D eigenvalue weighted by molar-refractivity contribution is 0.852. The third-order valence-corrected chi connectivity index (χ3v) is 3.30. The lowest BCUT2D eigenvalue weighted by Gasteiger charge is -2.05. The van der Waals surface area contributed by atoms with Crippen LogP contribution >= 0.6 is 27.5 Å². The van der Waals surface area contributed by atoms with Gasteiger partial charge in [-0.15, -0.1) is 0 Å². The average molecular weight is 336 g/mol. The van der Waals surface area contributed by atoms with E-state index in [1.54, 1.807) is 10.9 Å². The van der Waals surface area contributed by atoms with Crippen LogP contribution in [0.3, 0.4) is 0 Å². The smallest absolute Gasteiger partial charge is 0.164 e. The maximum absolute atomic E-state index is 5.89. The van der Waals surface area contributed by atoms with E-state index in [1.807, 2.05) is 36.4 Å². The van der Waals surface area contributed by atoms with Gasteiger partial charge in [-0.1, -0.05) is 11.6 Å². The van der Waals surface area contributed by atoms with Gasteiger partial charge in [-0.25, -0.2) is 9.97 Å². The molecule has 19 heavy (non-hydrogen) atoms. The molecule has 0 aliphatic heterocycles. The molecule has 4 nitrogen and oxygen atoms in total. The van der Waals surface area contributed by atoms with Crippen LogP contribution in [0.1, 0.15) is 0 Å². The van der Waals surface area contributed by atoms with Crippen molar-refractivity contribution in [3.05, 3.63) is 58.4 Å². The summed E-state index contributed by atoms with van der Waals surface area (Å²) in [5.74, 6) is 1.44. The molecule has 2 aromatic heterocycles. The Morgan fingerprint density at radius 3 is 2.47 bits per heavy atom. The molecule has 0 amide bonds. The van der Waals surface area contributed by atoms with E-state index >= 15 is 0 Å². The summed E-state index contributed by atoms with van der Waals surface area (Å²) < 4.78 is 2.61. The van der Waals surface area contributed by atoms with Crippen molar-refractivity contribution in [1.82, 2.24) is 19.7 Å². The zero-order valence-corrected chi connectivity index (χ0v) is 12.0. The number of hydrogen-bond acceptors (Lipinski definition) is 3. The molecule has 0 aliphatic rings. The molecule has 0 fully saturated rings. The molecule has 94 valence electrons. The Bertz CT molecular complexity index is 631. The Balaban J connectivity index is 2.07. The Hall–Kier alpha value is -1.72. The molecule has 0 saturated carbocycles. The standard InChI is InChI=1S/C13H8BrClN4/c14-10-3-6-12(16-7-10)19-13(17-8-18-19)9-1-4-11(15)5-2-9/h1-8H. The average Bonchev–Trinajstić information content (AvgIpc) is 2.90. The van der Waals surface area contributed by atoms with Gasteiger partial charge >= 0.3 is 0 Å². The van der Waals surface area contributed by atoms with Crippen LogP contribution in [-0.4, -0.2) is 19.7 Å². The molecule has 0 N–H and O–H groups in total. The van der Waals surface area contributed by atoms with Gasteiger partial charge in [0.2, 0.25) is 0 Å². The molecular formula is C13H8BrClN4. The highest BCUT2D eigenvalue weighted by molar-refractivity contribution is 9.10. The van der Waals surface area contributed by atoms with Gasteiger partial charge in [0.25, 0.3) is 0 Å². The molecule has 0 bridgehead atoms. The lowest BCUT2D eigenvalue weighted by atomic mass is 10.2. The summed E-state index contributed by atoms with van der Waals surface area (Å²) in [5, 5.41) is 4.90. The van der Waals surface area contributed by atoms with Gasteiger partial charge in [-0.05, 0) is 52.3 Å². The van der Waals surface area contributed by atoms with E-state index < -0.39 is 0 Å². The van der Waals surface area contributed by atoms with Crippen LogP contribution in [0.5, 0.6) is 0 Å². The highest BCUT2D eigenvalue weighted by Crippen LogP contribution is 2.21. The van der Waals surface area contributed by atoms with Crippen molar-refractivity contribution in [1.29, 1.82) is 0 Å². The first-order valence-electron chi connectivity index (χ1n) is 5.52. The summed E-state index contributed by atoms with van der Waals surface area (Å²) in [6, 6.07) is 11.2.